The number of hydrogen-bond acceptors (Lipinski definition) is 5. The van der Waals surface area contributed by atoms with E-state index in [-0.39, 0.29) is 17.6 Å². The van der Waals surface area contributed by atoms with Gasteiger partial charge in [-0.2, -0.15) is 4.31 Å². The van der Waals surface area contributed by atoms with Gasteiger partial charge in [0.1, 0.15) is 5.82 Å². The summed E-state index contributed by atoms with van der Waals surface area (Å²) in [6, 6.07) is 10.8. The van der Waals surface area contributed by atoms with Crippen LogP contribution in [0.4, 0.5) is 0 Å². The third-order valence-electron chi connectivity index (χ3n) is 5.27. The maximum Gasteiger partial charge on any atom is 0.243 e. The Kier molecular flexibility index (Phi) is 3.84. The fourth-order valence-electron chi connectivity index (χ4n) is 3.81. The van der Waals surface area contributed by atoms with Crippen LogP contribution in [-0.2, 0) is 10.0 Å². The van der Waals surface area contributed by atoms with E-state index in [2.05, 4.69) is 9.38 Å². The maximum atomic E-state index is 13.0. The molecule has 0 atom stereocenters. The van der Waals surface area contributed by atoms with E-state index in [1.54, 1.807) is 22.5 Å². The molecule has 1 saturated heterocycles. The number of benzene rings is 1. The van der Waals surface area contributed by atoms with Gasteiger partial charge in [-0.1, -0.05) is 6.07 Å². The molecule has 0 saturated carbocycles. The van der Waals surface area contributed by atoms with Crippen molar-refractivity contribution in [2.24, 2.45) is 0 Å². The van der Waals surface area contributed by atoms with Crippen LogP contribution in [0.5, 0.6) is 11.5 Å². The normalized spacial score (nSPS) is 18.2. The summed E-state index contributed by atoms with van der Waals surface area (Å²) in [5, 5.41) is 0. The zero-order chi connectivity index (χ0) is 18.4. The quantitative estimate of drug-likeness (QED) is 0.693. The number of sulfonamides is 1. The first-order chi connectivity index (χ1) is 13.1. The number of piperidine rings is 1. The molecule has 27 heavy (non-hydrogen) atoms. The minimum Gasteiger partial charge on any atom is -0.454 e. The van der Waals surface area contributed by atoms with E-state index < -0.39 is 10.0 Å². The number of hydrogen-bond donors (Lipinski definition) is 0. The van der Waals surface area contributed by atoms with Crippen molar-refractivity contribution in [1.29, 1.82) is 0 Å². The topological polar surface area (TPSA) is 73.1 Å². The number of imidazole rings is 1. The lowest BCUT2D eigenvalue weighted by atomic mass is 9.97. The Morgan fingerprint density at radius 3 is 2.70 bits per heavy atom. The van der Waals surface area contributed by atoms with Crippen molar-refractivity contribution in [3.63, 3.8) is 0 Å². The molecular weight excluding hydrogens is 366 g/mol. The van der Waals surface area contributed by atoms with Crippen LogP contribution in [0.3, 0.4) is 0 Å². The third-order valence-corrected chi connectivity index (χ3v) is 7.16. The van der Waals surface area contributed by atoms with Gasteiger partial charge in [-0.05, 0) is 37.1 Å². The van der Waals surface area contributed by atoms with Crippen LogP contribution in [0.2, 0.25) is 0 Å². The van der Waals surface area contributed by atoms with E-state index in [9.17, 15) is 8.42 Å². The zero-order valence-electron chi connectivity index (χ0n) is 14.6. The average molecular weight is 385 g/mol. The Hall–Kier alpha value is -2.58. The van der Waals surface area contributed by atoms with E-state index in [1.165, 1.54) is 0 Å². The molecule has 0 amide bonds. The summed E-state index contributed by atoms with van der Waals surface area (Å²) in [4.78, 5) is 4.81. The maximum absolute atomic E-state index is 13.0. The van der Waals surface area contributed by atoms with Crippen LogP contribution in [0.1, 0.15) is 24.6 Å². The molecule has 2 aliphatic heterocycles. The first kappa shape index (κ1) is 16.6. The predicted octanol–water partition coefficient (Wildman–Crippen LogP) is 2.63. The molecule has 3 aromatic rings. The minimum atomic E-state index is -3.55. The monoisotopic (exact) mass is 385 g/mol. The number of aromatic nitrogens is 2. The fraction of sp³-hybridized carbons (Fsp3) is 0.316. The smallest absolute Gasteiger partial charge is 0.243 e. The van der Waals surface area contributed by atoms with Crippen LogP contribution in [0, 0.1) is 0 Å². The molecule has 4 heterocycles. The van der Waals surface area contributed by atoms with Crippen molar-refractivity contribution in [3.05, 3.63) is 54.6 Å². The first-order valence-corrected chi connectivity index (χ1v) is 10.4. The Morgan fingerprint density at radius 1 is 1.04 bits per heavy atom. The molecule has 0 unspecified atom stereocenters. The molecule has 2 aromatic heterocycles. The third kappa shape index (κ3) is 2.76. The van der Waals surface area contributed by atoms with Crippen molar-refractivity contribution in [2.45, 2.75) is 23.7 Å². The molecular formula is C19H19N3O4S. The fourth-order valence-corrected chi connectivity index (χ4v) is 5.29. The zero-order valence-corrected chi connectivity index (χ0v) is 15.4. The second-order valence-corrected chi connectivity index (χ2v) is 8.74. The van der Waals surface area contributed by atoms with Gasteiger partial charge in [0.2, 0.25) is 16.8 Å². The van der Waals surface area contributed by atoms with Crippen molar-refractivity contribution in [3.8, 4) is 11.5 Å². The molecule has 8 heteroatoms. The molecule has 7 nitrogen and oxygen atoms in total. The Balaban J connectivity index is 1.35. The van der Waals surface area contributed by atoms with Crippen LogP contribution in [0.15, 0.2) is 53.7 Å². The molecule has 140 valence electrons. The van der Waals surface area contributed by atoms with Crippen LogP contribution >= 0.6 is 0 Å². The lowest BCUT2D eigenvalue weighted by Gasteiger charge is -2.30. The second-order valence-electron chi connectivity index (χ2n) is 6.81. The number of ether oxygens (including phenoxy) is 2. The predicted molar refractivity (Wildman–Crippen MR) is 98.5 cm³/mol. The molecule has 1 aromatic carbocycles. The standard InChI is InChI=1S/C19H19N3O4S/c23-27(24,16-4-5-17-18(11-16)26-13-25-17)21-9-6-14(7-10-21)19-20-12-15-3-1-2-8-22(15)19/h1-5,8,11-12,14H,6-7,9-10,13H2. The van der Waals surface area contributed by atoms with Gasteiger partial charge in [-0.15, -0.1) is 0 Å². The van der Waals surface area contributed by atoms with E-state index in [1.807, 2.05) is 30.6 Å². The van der Waals surface area contributed by atoms with Crippen molar-refractivity contribution in [2.75, 3.05) is 19.9 Å². The van der Waals surface area contributed by atoms with E-state index in [0.29, 0.717) is 24.6 Å². The van der Waals surface area contributed by atoms with E-state index in [0.717, 1.165) is 24.2 Å². The highest BCUT2D eigenvalue weighted by atomic mass is 32.2. The first-order valence-electron chi connectivity index (χ1n) is 8.95. The molecule has 0 N–H and O–H groups in total. The molecule has 0 spiro atoms. The Morgan fingerprint density at radius 2 is 1.85 bits per heavy atom. The lowest BCUT2D eigenvalue weighted by molar-refractivity contribution is 0.174. The highest BCUT2D eigenvalue weighted by Gasteiger charge is 2.32. The molecule has 0 radical (unpaired) electrons. The average Bonchev–Trinajstić information content (AvgIpc) is 3.34. The summed E-state index contributed by atoms with van der Waals surface area (Å²) < 4.78 is 40.2. The van der Waals surface area contributed by atoms with Gasteiger partial charge in [-0.25, -0.2) is 13.4 Å². The van der Waals surface area contributed by atoms with Gasteiger partial charge >= 0.3 is 0 Å². The summed E-state index contributed by atoms with van der Waals surface area (Å²) in [7, 11) is -3.55. The summed E-state index contributed by atoms with van der Waals surface area (Å²) in [6.45, 7) is 1.08. The van der Waals surface area contributed by atoms with Gasteiger partial charge in [0.05, 0.1) is 16.6 Å². The van der Waals surface area contributed by atoms with Crippen molar-refractivity contribution < 1.29 is 17.9 Å². The van der Waals surface area contributed by atoms with Gasteiger partial charge in [0.15, 0.2) is 11.5 Å². The summed E-state index contributed by atoms with van der Waals surface area (Å²) in [5.74, 6) is 2.32. The highest BCUT2D eigenvalue weighted by molar-refractivity contribution is 7.89. The van der Waals surface area contributed by atoms with E-state index >= 15 is 0 Å². The molecule has 0 aliphatic carbocycles. The number of nitrogens with zero attached hydrogens (tertiary/aromatic N) is 3. The molecule has 1 fully saturated rings. The molecule has 0 bridgehead atoms. The SMILES string of the molecule is O=S(=O)(c1ccc2c(c1)OCO2)N1CCC(c2ncc3ccccn23)CC1. The summed E-state index contributed by atoms with van der Waals surface area (Å²) in [5.41, 5.74) is 1.06. The molecule has 5 rings (SSSR count). The highest BCUT2D eigenvalue weighted by Crippen LogP contribution is 2.36. The van der Waals surface area contributed by atoms with Crippen molar-refractivity contribution in [1.82, 2.24) is 13.7 Å². The van der Waals surface area contributed by atoms with Gasteiger partial charge in [0, 0.05) is 31.3 Å². The minimum absolute atomic E-state index is 0.127. The van der Waals surface area contributed by atoms with Gasteiger partial charge < -0.3 is 13.9 Å². The summed E-state index contributed by atoms with van der Waals surface area (Å²) >= 11 is 0. The van der Waals surface area contributed by atoms with Crippen LogP contribution < -0.4 is 9.47 Å². The number of fused-ring (bicyclic) bond motifs is 2. The number of rotatable bonds is 3. The van der Waals surface area contributed by atoms with Crippen LogP contribution in [-0.4, -0.2) is 42.0 Å². The van der Waals surface area contributed by atoms with Gasteiger partial charge in [-0.3, -0.25) is 0 Å². The van der Waals surface area contributed by atoms with Crippen molar-refractivity contribution >= 4 is 15.5 Å². The number of pyridine rings is 1. The van der Waals surface area contributed by atoms with Crippen LogP contribution in [0.25, 0.3) is 5.52 Å². The largest absolute Gasteiger partial charge is 0.454 e. The Labute approximate surface area is 157 Å². The van der Waals surface area contributed by atoms with E-state index in [4.69, 9.17) is 9.47 Å². The Bertz CT molecular complexity index is 1100. The summed E-state index contributed by atoms with van der Waals surface area (Å²) in [6.07, 6.45) is 5.37. The second kappa shape index (κ2) is 6.24. The lowest BCUT2D eigenvalue weighted by Crippen LogP contribution is -2.38. The molecule has 2 aliphatic rings. The van der Waals surface area contributed by atoms with Gasteiger partial charge in [0.25, 0.3) is 0 Å².